The Balaban J connectivity index is 2.15. The van der Waals surface area contributed by atoms with Crippen LogP contribution in [-0.4, -0.2) is 21.4 Å². The molecule has 0 heterocycles. The van der Waals surface area contributed by atoms with Gasteiger partial charge in [0.05, 0.1) is 10.9 Å². The van der Waals surface area contributed by atoms with Gasteiger partial charge in [-0.25, -0.2) is 13.1 Å². The molecule has 5 nitrogen and oxygen atoms in total. The van der Waals surface area contributed by atoms with Crippen molar-refractivity contribution in [2.75, 3.05) is 7.05 Å². The maximum atomic E-state index is 12.4. The third-order valence-corrected chi connectivity index (χ3v) is 5.36. The fraction of sp³-hybridized carbons (Fsp3) is 0.235. The smallest absolute Gasteiger partial charge is 0.251 e. The zero-order valence-corrected chi connectivity index (χ0v) is 15.0. The highest BCUT2D eigenvalue weighted by molar-refractivity contribution is 7.89. The van der Waals surface area contributed by atoms with E-state index in [-0.39, 0.29) is 16.8 Å². The quantitative estimate of drug-likeness (QED) is 0.824. The van der Waals surface area contributed by atoms with Crippen molar-refractivity contribution >= 4 is 27.5 Å². The van der Waals surface area contributed by atoms with Crippen LogP contribution in [0.1, 0.15) is 35.3 Å². The molecule has 0 radical (unpaired) electrons. The Hall–Kier alpha value is -1.89. The third-order valence-electron chi connectivity index (χ3n) is 3.68. The average molecular weight is 367 g/mol. The highest BCUT2D eigenvalue weighted by Gasteiger charge is 2.16. The summed E-state index contributed by atoms with van der Waals surface area (Å²) in [6.07, 6.45) is 0.722. The summed E-state index contributed by atoms with van der Waals surface area (Å²) in [6.45, 7) is 1.97. The Bertz CT molecular complexity index is 803. The van der Waals surface area contributed by atoms with E-state index in [0.29, 0.717) is 10.6 Å². The van der Waals surface area contributed by atoms with E-state index in [4.69, 9.17) is 11.6 Å². The minimum absolute atomic E-state index is 0.117. The molecule has 0 saturated carbocycles. The number of halogens is 1. The summed E-state index contributed by atoms with van der Waals surface area (Å²) in [4.78, 5) is 12.5. The summed E-state index contributed by atoms with van der Waals surface area (Å²) in [5.41, 5.74) is 1.36. The van der Waals surface area contributed by atoms with Crippen LogP contribution in [0.3, 0.4) is 0 Å². The van der Waals surface area contributed by atoms with Gasteiger partial charge in [-0.15, -0.1) is 0 Å². The fourth-order valence-corrected chi connectivity index (χ4v) is 3.12. The van der Waals surface area contributed by atoms with Crippen LogP contribution in [0.15, 0.2) is 53.4 Å². The Morgan fingerprint density at radius 1 is 1.08 bits per heavy atom. The Morgan fingerprint density at radius 2 is 1.67 bits per heavy atom. The van der Waals surface area contributed by atoms with Gasteiger partial charge in [0, 0.05) is 10.6 Å². The number of hydrogen-bond acceptors (Lipinski definition) is 3. The van der Waals surface area contributed by atoms with Crippen molar-refractivity contribution in [2.45, 2.75) is 24.3 Å². The molecule has 0 aliphatic heterocycles. The fourth-order valence-electron chi connectivity index (χ4n) is 2.26. The minimum atomic E-state index is -3.51. The van der Waals surface area contributed by atoms with E-state index in [1.54, 1.807) is 12.1 Å². The monoisotopic (exact) mass is 366 g/mol. The highest BCUT2D eigenvalue weighted by atomic mass is 35.5. The lowest BCUT2D eigenvalue weighted by Crippen LogP contribution is -2.28. The first-order valence-electron chi connectivity index (χ1n) is 7.47. The van der Waals surface area contributed by atoms with Gasteiger partial charge in [-0.3, -0.25) is 4.79 Å². The van der Waals surface area contributed by atoms with Crippen molar-refractivity contribution in [3.05, 3.63) is 64.7 Å². The van der Waals surface area contributed by atoms with Crippen molar-refractivity contribution in [1.82, 2.24) is 10.0 Å². The van der Waals surface area contributed by atoms with Crippen LogP contribution < -0.4 is 10.0 Å². The number of benzene rings is 2. The molecule has 0 aromatic heterocycles. The largest absolute Gasteiger partial charge is 0.345 e. The normalized spacial score (nSPS) is 12.6. The number of nitrogens with one attached hydrogen (secondary N) is 2. The number of carbonyl (C=O) groups is 1. The van der Waals surface area contributed by atoms with Gasteiger partial charge in [-0.05, 0) is 55.4 Å². The van der Waals surface area contributed by atoms with Crippen molar-refractivity contribution in [1.29, 1.82) is 0 Å². The van der Waals surface area contributed by atoms with Crippen LogP contribution in [-0.2, 0) is 10.0 Å². The Kier molecular flexibility index (Phi) is 5.99. The molecular weight excluding hydrogens is 348 g/mol. The molecule has 0 saturated heterocycles. The first kappa shape index (κ1) is 18.4. The molecule has 2 aromatic rings. The van der Waals surface area contributed by atoms with Gasteiger partial charge in [0.2, 0.25) is 10.0 Å². The van der Waals surface area contributed by atoms with Crippen molar-refractivity contribution in [3.8, 4) is 0 Å². The number of rotatable bonds is 6. The molecule has 0 fully saturated rings. The second kappa shape index (κ2) is 7.79. The van der Waals surface area contributed by atoms with Gasteiger partial charge < -0.3 is 5.32 Å². The first-order chi connectivity index (χ1) is 11.4. The van der Waals surface area contributed by atoms with E-state index < -0.39 is 10.0 Å². The summed E-state index contributed by atoms with van der Waals surface area (Å²) in [5.74, 6) is -0.259. The predicted octanol–water partition coefficient (Wildman–Crippen LogP) is 3.13. The molecular formula is C17H19ClN2O3S. The molecule has 0 aliphatic rings. The van der Waals surface area contributed by atoms with E-state index in [2.05, 4.69) is 10.0 Å². The SMILES string of the molecule is CC[C@H](NC(=O)c1ccc(S(=O)(=O)NC)cc1)c1ccc(Cl)cc1. The molecule has 0 aliphatic carbocycles. The molecule has 2 N–H and O–H groups in total. The number of carbonyl (C=O) groups excluding carboxylic acids is 1. The molecule has 0 spiro atoms. The van der Waals surface area contributed by atoms with Crippen LogP contribution in [0.2, 0.25) is 5.02 Å². The standard InChI is InChI=1S/C17H19ClN2O3S/c1-3-16(12-4-8-14(18)9-5-12)20-17(21)13-6-10-15(11-7-13)24(22,23)19-2/h4-11,16,19H,3H2,1-2H3,(H,20,21)/t16-/m0/s1. The lowest BCUT2D eigenvalue weighted by Gasteiger charge is -2.17. The zero-order valence-electron chi connectivity index (χ0n) is 13.4. The average Bonchev–Trinajstić information content (AvgIpc) is 2.60. The van der Waals surface area contributed by atoms with Gasteiger partial charge in [0.25, 0.3) is 5.91 Å². The lowest BCUT2D eigenvalue weighted by molar-refractivity contribution is 0.0935. The zero-order chi connectivity index (χ0) is 17.7. The van der Waals surface area contributed by atoms with E-state index in [0.717, 1.165) is 12.0 Å². The van der Waals surface area contributed by atoms with Crippen molar-refractivity contribution in [3.63, 3.8) is 0 Å². The second-order valence-electron chi connectivity index (χ2n) is 5.22. The summed E-state index contributed by atoms with van der Waals surface area (Å²) in [5, 5.41) is 3.58. The Morgan fingerprint density at radius 3 is 2.17 bits per heavy atom. The maximum Gasteiger partial charge on any atom is 0.251 e. The van der Waals surface area contributed by atoms with Crippen LogP contribution in [0, 0.1) is 0 Å². The van der Waals surface area contributed by atoms with Crippen LogP contribution in [0.5, 0.6) is 0 Å². The summed E-state index contributed by atoms with van der Waals surface area (Å²) >= 11 is 5.88. The first-order valence-corrected chi connectivity index (χ1v) is 9.33. The van der Waals surface area contributed by atoms with Crippen LogP contribution in [0.25, 0.3) is 0 Å². The third kappa shape index (κ3) is 4.35. The topological polar surface area (TPSA) is 75.3 Å². The molecule has 24 heavy (non-hydrogen) atoms. The molecule has 2 aromatic carbocycles. The molecule has 7 heteroatoms. The van der Waals surface area contributed by atoms with Crippen molar-refractivity contribution < 1.29 is 13.2 Å². The molecule has 1 amide bonds. The van der Waals surface area contributed by atoms with Gasteiger partial charge in [0.15, 0.2) is 0 Å². The summed E-state index contributed by atoms with van der Waals surface area (Å²) in [6, 6.07) is 13.0. The van der Waals surface area contributed by atoms with E-state index in [1.165, 1.54) is 31.3 Å². The van der Waals surface area contributed by atoms with Crippen LogP contribution in [0.4, 0.5) is 0 Å². The number of amides is 1. The summed E-state index contributed by atoms with van der Waals surface area (Å²) < 4.78 is 25.6. The molecule has 0 bridgehead atoms. The van der Waals surface area contributed by atoms with Crippen molar-refractivity contribution in [2.24, 2.45) is 0 Å². The Labute approximate surface area is 147 Å². The molecule has 128 valence electrons. The maximum absolute atomic E-state index is 12.4. The minimum Gasteiger partial charge on any atom is -0.345 e. The number of hydrogen-bond donors (Lipinski definition) is 2. The lowest BCUT2D eigenvalue weighted by atomic mass is 10.0. The highest BCUT2D eigenvalue weighted by Crippen LogP contribution is 2.20. The molecule has 0 unspecified atom stereocenters. The van der Waals surface area contributed by atoms with Gasteiger partial charge >= 0.3 is 0 Å². The number of sulfonamides is 1. The molecule has 1 atom stereocenters. The van der Waals surface area contributed by atoms with Gasteiger partial charge in [-0.1, -0.05) is 30.7 Å². The second-order valence-corrected chi connectivity index (χ2v) is 7.54. The predicted molar refractivity (Wildman–Crippen MR) is 94.6 cm³/mol. The van der Waals surface area contributed by atoms with Gasteiger partial charge in [-0.2, -0.15) is 0 Å². The van der Waals surface area contributed by atoms with Gasteiger partial charge in [0.1, 0.15) is 0 Å². The van der Waals surface area contributed by atoms with E-state index >= 15 is 0 Å². The van der Waals surface area contributed by atoms with Crippen LogP contribution >= 0.6 is 11.6 Å². The molecule has 2 rings (SSSR count). The van der Waals surface area contributed by atoms with E-state index in [1.807, 2.05) is 19.1 Å². The van der Waals surface area contributed by atoms with E-state index in [9.17, 15) is 13.2 Å². The summed E-state index contributed by atoms with van der Waals surface area (Å²) in [7, 11) is -2.17.